The number of fused-ring (bicyclic) bond motifs is 2. The van der Waals surface area contributed by atoms with Crippen molar-refractivity contribution in [1.29, 1.82) is 0 Å². The van der Waals surface area contributed by atoms with Crippen molar-refractivity contribution in [2.45, 2.75) is 37.8 Å². The zero-order valence-electron chi connectivity index (χ0n) is 9.08. The van der Waals surface area contributed by atoms with Crippen LogP contribution >= 0.6 is 11.3 Å². The first-order chi connectivity index (χ1) is 7.30. The third kappa shape index (κ3) is 1.53. The summed E-state index contributed by atoms with van der Waals surface area (Å²) < 4.78 is 5.49. The van der Waals surface area contributed by atoms with E-state index in [9.17, 15) is 0 Å². The molecule has 0 saturated carbocycles. The molecule has 2 aliphatic heterocycles. The summed E-state index contributed by atoms with van der Waals surface area (Å²) in [7, 11) is 0. The number of hydrogen-bond acceptors (Lipinski definition) is 3. The maximum absolute atomic E-state index is 5.49. The van der Waals surface area contributed by atoms with E-state index in [1.807, 2.05) is 11.3 Å². The molecule has 1 fully saturated rings. The van der Waals surface area contributed by atoms with Crippen LogP contribution in [-0.2, 0) is 16.7 Å². The molecule has 1 N–H and O–H groups in total. The molecule has 0 radical (unpaired) electrons. The summed E-state index contributed by atoms with van der Waals surface area (Å²) in [4.78, 5) is 1.57. The maximum atomic E-state index is 5.49. The number of thiophene rings is 1. The van der Waals surface area contributed by atoms with Crippen LogP contribution in [0.4, 0.5) is 0 Å². The van der Waals surface area contributed by atoms with Crippen molar-refractivity contribution in [3.8, 4) is 0 Å². The summed E-state index contributed by atoms with van der Waals surface area (Å²) in [5.41, 5.74) is 1.80. The number of nitrogens with one attached hydrogen (secondary N) is 1. The molecule has 15 heavy (non-hydrogen) atoms. The van der Waals surface area contributed by atoms with Crippen LogP contribution in [0, 0.1) is 0 Å². The SMILES string of the molecule is C[C@H]1Cc2ccsc2C2(CCOCC2)N1. The molecule has 0 aromatic carbocycles. The van der Waals surface area contributed by atoms with Crippen molar-refractivity contribution in [2.75, 3.05) is 13.2 Å². The van der Waals surface area contributed by atoms with Crippen LogP contribution in [0.15, 0.2) is 11.4 Å². The molecule has 1 saturated heterocycles. The molecule has 3 heteroatoms. The van der Waals surface area contributed by atoms with E-state index >= 15 is 0 Å². The quantitative estimate of drug-likeness (QED) is 0.728. The van der Waals surface area contributed by atoms with Crippen molar-refractivity contribution >= 4 is 11.3 Å². The average Bonchev–Trinajstić information content (AvgIpc) is 2.67. The number of ether oxygens (including phenoxy) is 1. The lowest BCUT2D eigenvalue weighted by molar-refractivity contribution is 0.0304. The zero-order chi connectivity index (χ0) is 10.3. The van der Waals surface area contributed by atoms with E-state index in [2.05, 4.69) is 23.7 Å². The van der Waals surface area contributed by atoms with Crippen molar-refractivity contribution < 1.29 is 4.74 Å². The van der Waals surface area contributed by atoms with E-state index in [4.69, 9.17) is 4.74 Å². The molecule has 2 aliphatic rings. The topological polar surface area (TPSA) is 21.3 Å². The van der Waals surface area contributed by atoms with Gasteiger partial charge < -0.3 is 10.1 Å². The molecule has 0 bridgehead atoms. The normalized spacial score (nSPS) is 29.0. The molecule has 82 valence electrons. The highest BCUT2D eigenvalue weighted by Crippen LogP contribution is 2.41. The third-order valence-corrected chi connectivity index (χ3v) is 4.74. The predicted molar refractivity (Wildman–Crippen MR) is 62.4 cm³/mol. The first-order valence-corrected chi connectivity index (χ1v) is 6.60. The van der Waals surface area contributed by atoms with Gasteiger partial charge in [0.1, 0.15) is 0 Å². The molecule has 0 amide bonds. The lowest BCUT2D eigenvalue weighted by Crippen LogP contribution is -2.53. The molecule has 1 aromatic rings. The van der Waals surface area contributed by atoms with Gasteiger partial charge in [0.05, 0.1) is 5.54 Å². The summed E-state index contributed by atoms with van der Waals surface area (Å²) in [5, 5.41) is 6.04. The van der Waals surface area contributed by atoms with Gasteiger partial charge in [-0.1, -0.05) is 0 Å². The highest BCUT2D eigenvalue weighted by molar-refractivity contribution is 7.10. The Labute approximate surface area is 94.6 Å². The van der Waals surface area contributed by atoms with Crippen LogP contribution in [0.3, 0.4) is 0 Å². The molecule has 1 spiro atoms. The fourth-order valence-corrected chi connectivity index (χ4v) is 4.09. The molecule has 1 atom stereocenters. The average molecular weight is 223 g/mol. The molecule has 0 aliphatic carbocycles. The molecule has 1 aromatic heterocycles. The minimum atomic E-state index is 0.236. The molecule has 0 unspecified atom stereocenters. The molecule has 3 rings (SSSR count). The summed E-state index contributed by atoms with van der Waals surface area (Å²) in [6.07, 6.45) is 3.44. The fourth-order valence-electron chi connectivity index (χ4n) is 2.93. The second kappa shape index (κ2) is 3.58. The van der Waals surface area contributed by atoms with Crippen LogP contribution in [0.5, 0.6) is 0 Å². The lowest BCUT2D eigenvalue weighted by atomic mass is 9.81. The Kier molecular flexibility index (Phi) is 2.34. The van der Waals surface area contributed by atoms with Gasteiger partial charge in [-0.3, -0.25) is 0 Å². The van der Waals surface area contributed by atoms with Gasteiger partial charge >= 0.3 is 0 Å². The summed E-state index contributed by atoms with van der Waals surface area (Å²) >= 11 is 1.91. The predicted octanol–water partition coefficient (Wildman–Crippen LogP) is 2.29. The van der Waals surface area contributed by atoms with Gasteiger partial charge in [-0.25, -0.2) is 0 Å². The highest BCUT2D eigenvalue weighted by Gasteiger charge is 2.40. The molecular formula is C12H17NOS. The van der Waals surface area contributed by atoms with Gasteiger partial charge in [-0.05, 0) is 43.2 Å². The van der Waals surface area contributed by atoms with Crippen LogP contribution in [0.2, 0.25) is 0 Å². The Bertz CT molecular complexity index is 354. The fraction of sp³-hybridized carbons (Fsp3) is 0.667. The monoisotopic (exact) mass is 223 g/mol. The van der Waals surface area contributed by atoms with Crippen molar-refractivity contribution in [1.82, 2.24) is 5.32 Å². The van der Waals surface area contributed by atoms with Crippen LogP contribution in [-0.4, -0.2) is 19.3 Å². The standard InChI is InChI=1S/C12H17NOS/c1-9-8-10-2-7-15-11(10)12(13-9)3-5-14-6-4-12/h2,7,9,13H,3-6,8H2,1H3/t9-/m0/s1. The third-order valence-electron chi connectivity index (χ3n) is 3.58. The summed E-state index contributed by atoms with van der Waals surface area (Å²) in [6, 6.07) is 2.90. The summed E-state index contributed by atoms with van der Waals surface area (Å²) in [5.74, 6) is 0. The minimum absolute atomic E-state index is 0.236. The second-order valence-electron chi connectivity index (χ2n) is 4.72. The van der Waals surface area contributed by atoms with Gasteiger partial charge in [0.2, 0.25) is 0 Å². The Hall–Kier alpha value is -0.380. The molecule has 3 heterocycles. The van der Waals surface area contributed by atoms with E-state index in [0.717, 1.165) is 26.1 Å². The Morgan fingerprint density at radius 1 is 1.47 bits per heavy atom. The zero-order valence-corrected chi connectivity index (χ0v) is 9.90. The van der Waals surface area contributed by atoms with E-state index in [0.29, 0.717) is 6.04 Å². The number of rotatable bonds is 0. The van der Waals surface area contributed by atoms with E-state index in [-0.39, 0.29) is 5.54 Å². The molecule has 2 nitrogen and oxygen atoms in total. The van der Waals surface area contributed by atoms with Crippen LogP contribution in [0.1, 0.15) is 30.2 Å². The van der Waals surface area contributed by atoms with Gasteiger partial charge in [-0.2, -0.15) is 0 Å². The second-order valence-corrected chi connectivity index (χ2v) is 5.64. The van der Waals surface area contributed by atoms with Crippen LogP contribution in [0.25, 0.3) is 0 Å². The Morgan fingerprint density at radius 2 is 2.27 bits per heavy atom. The van der Waals surface area contributed by atoms with Gasteiger partial charge in [0.15, 0.2) is 0 Å². The van der Waals surface area contributed by atoms with Gasteiger partial charge in [-0.15, -0.1) is 11.3 Å². The van der Waals surface area contributed by atoms with E-state index < -0.39 is 0 Å². The smallest absolute Gasteiger partial charge is 0.0577 e. The van der Waals surface area contributed by atoms with E-state index in [1.54, 1.807) is 10.4 Å². The van der Waals surface area contributed by atoms with Crippen molar-refractivity contribution in [3.63, 3.8) is 0 Å². The van der Waals surface area contributed by atoms with Crippen molar-refractivity contribution in [2.24, 2.45) is 0 Å². The largest absolute Gasteiger partial charge is 0.381 e. The molecular weight excluding hydrogens is 206 g/mol. The highest BCUT2D eigenvalue weighted by atomic mass is 32.1. The lowest BCUT2D eigenvalue weighted by Gasteiger charge is -2.43. The Morgan fingerprint density at radius 3 is 3.07 bits per heavy atom. The Balaban J connectivity index is 2.02. The first-order valence-electron chi connectivity index (χ1n) is 5.72. The minimum Gasteiger partial charge on any atom is -0.381 e. The number of hydrogen-bond donors (Lipinski definition) is 1. The first kappa shape index (κ1) is 9.82. The van der Waals surface area contributed by atoms with Gasteiger partial charge in [0.25, 0.3) is 0 Å². The maximum Gasteiger partial charge on any atom is 0.0577 e. The summed E-state index contributed by atoms with van der Waals surface area (Å²) in [6.45, 7) is 4.09. The van der Waals surface area contributed by atoms with E-state index in [1.165, 1.54) is 6.42 Å². The van der Waals surface area contributed by atoms with Crippen molar-refractivity contribution in [3.05, 3.63) is 21.9 Å². The van der Waals surface area contributed by atoms with Gasteiger partial charge in [0, 0.05) is 24.1 Å². The van der Waals surface area contributed by atoms with Crippen LogP contribution < -0.4 is 5.32 Å².